The molecule has 0 aliphatic rings. The lowest BCUT2D eigenvalue weighted by atomic mass is 9.94. The lowest BCUT2D eigenvalue weighted by molar-refractivity contribution is 1.34. The van der Waals surface area contributed by atoms with Crippen LogP contribution in [0.2, 0.25) is 5.02 Å². The average molecular weight is 515 g/mol. The van der Waals surface area contributed by atoms with Gasteiger partial charge in [0.15, 0.2) is 0 Å². The van der Waals surface area contributed by atoms with E-state index in [0.29, 0.717) is 5.02 Å². The Morgan fingerprint density at radius 3 is 2.44 bits per heavy atom. The Hall–Kier alpha value is -2.72. The van der Waals surface area contributed by atoms with Gasteiger partial charge in [0.25, 0.3) is 0 Å². The molecule has 4 heteroatoms. The molecule has 154 valence electrons. The van der Waals surface area contributed by atoms with Crippen LogP contribution >= 0.6 is 38.9 Å². The SMILES string of the molecule is Cc1c(-c2cc(Cl)cc(Br)c2)nc2c(sc3ccccc32)c1-c1ccc2ccccc2c1. The van der Waals surface area contributed by atoms with Gasteiger partial charge in [0, 0.05) is 30.7 Å². The van der Waals surface area contributed by atoms with E-state index in [-0.39, 0.29) is 0 Å². The second-order valence-electron chi connectivity index (χ2n) is 7.96. The fourth-order valence-corrected chi connectivity index (χ4v) is 6.59. The van der Waals surface area contributed by atoms with Gasteiger partial charge in [-0.15, -0.1) is 11.3 Å². The van der Waals surface area contributed by atoms with Gasteiger partial charge >= 0.3 is 0 Å². The molecule has 4 aromatic carbocycles. The third kappa shape index (κ3) is 3.24. The van der Waals surface area contributed by atoms with Gasteiger partial charge in [0.05, 0.1) is 15.9 Å². The van der Waals surface area contributed by atoms with Crippen molar-refractivity contribution >= 4 is 69.9 Å². The summed E-state index contributed by atoms with van der Waals surface area (Å²) in [7, 11) is 0. The fraction of sp³-hybridized carbons (Fsp3) is 0.0357. The van der Waals surface area contributed by atoms with E-state index >= 15 is 0 Å². The van der Waals surface area contributed by atoms with Crippen LogP contribution in [0, 0.1) is 6.92 Å². The van der Waals surface area contributed by atoms with Crippen LogP contribution in [0.3, 0.4) is 0 Å². The molecule has 0 amide bonds. The van der Waals surface area contributed by atoms with E-state index in [1.165, 1.54) is 36.7 Å². The second kappa shape index (κ2) is 7.70. The average Bonchev–Trinajstić information content (AvgIpc) is 3.15. The number of pyridine rings is 1. The molecule has 0 aliphatic carbocycles. The number of benzene rings is 4. The lowest BCUT2D eigenvalue weighted by Gasteiger charge is -2.14. The molecule has 0 fully saturated rings. The molecule has 0 atom stereocenters. The molecule has 0 N–H and O–H groups in total. The van der Waals surface area contributed by atoms with Crippen LogP contribution in [0.4, 0.5) is 0 Å². The van der Waals surface area contributed by atoms with Gasteiger partial charge in [-0.25, -0.2) is 4.98 Å². The predicted octanol–water partition coefficient (Wildman–Crippen LogP) is 9.66. The molecule has 0 aliphatic heterocycles. The van der Waals surface area contributed by atoms with Gasteiger partial charge in [0.1, 0.15) is 0 Å². The molecular weight excluding hydrogens is 498 g/mol. The number of hydrogen-bond acceptors (Lipinski definition) is 2. The molecule has 1 nitrogen and oxygen atoms in total. The number of nitrogens with zero attached hydrogens (tertiary/aromatic N) is 1. The van der Waals surface area contributed by atoms with E-state index in [4.69, 9.17) is 16.6 Å². The van der Waals surface area contributed by atoms with Crippen LogP contribution in [0.25, 0.3) is 53.5 Å². The minimum atomic E-state index is 0.693. The molecule has 0 saturated heterocycles. The number of rotatable bonds is 2. The van der Waals surface area contributed by atoms with Crippen LogP contribution in [-0.2, 0) is 0 Å². The molecule has 0 unspecified atom stereocenters. The predicted molar refractivity (Wildman–Crippen MR) is 143 cm³/mol. The summed E-state index contributed by atoms with van der Waals surface area (Å²) in [5.41, 5.74) is 6.64. The molecule has 6 aromatic rings. The number of fused-ring (bicyclic) bond motifs is 4. The van der Waals surface area contributed by atoms with E-state index in [2.05, 4.69) is 95.7 Å². The Balaban J connectivity index is 1.75. The smallest absolute Gasteiger partial charge is 0.0902 e. The van der Waals surface area contributed by atoms with Crippen molar-refractivity contribution < 1.29 is 0 Å². The summed E-state index contributed by atoms with van der Waals surface area (Å²) < 4.78 is 3.42. The standard InChI is InChI=1S/C28H17BrClNS/c1-16-25(19-11-10-17-6-2-3-7-18(17)12-19)28-27(23-8-4-5-9-24(23)32-28)31-26(16)20-13-21(29)15-22(30)14-20/h2-15H,1H3. The van der Waals surface area contributed by atoms with Crippen molar-refractivity contribution in [3.05, 3.63) is 100.0 Å². The van der Waals surface area contributed by atoms with Crippen molar-refractivity contribution in [1.29, 1.82) is 0 Å². The monoisotopic (exact) mass is 513 g/mol. The van der Waals surface area contributed by atoms with Crippen LogP contribution < -0.4 is 0 Å². The topological polar surface area (TPSA) is 12.9 Å². The van der Waals surface area contributed by atoms with Crippen molar-refractivity contribution in [1.82, 2.24) is 4.98 Å². The first-order valence-electron chi connectivity index (χ1n) is 10.4. The fourth-order valence-electron chi connectivity index (χ4n) is 4.46. The van der Waals surface area contributed by atoms with E-state index in [0.717, 1.165) is 26.8 Å². The van der Waals surface area contributed by atoms with E-state index in [1.807, 2.05) is 23.5 Å². The Morgan fingerprint density at radius 1 is 0.812 bits per heavy atom. The van der Waals surface area contributed by atoms with Crippen molar-refractivity contribution in [2.75, 3.05) is 0 Å². The van der Waals surface area contributed by atoms with Crippen molar-refractivity contribution in [3.8, 4) is 22.4 Å². The van der Waals surface area contributed by atoms with E-state index < -0.39 is 0 Å². The summed E-state index contributed by atoms with van der Waals surface area (Å²) in [5, 5.41) is 4.37. The van der Waals surface area contributed by atoms with Crippen LogP contribution in [0.1, 0.15) is 5.56 Å². The highest BCUT2D eigenvalue weighted by Crippen LogP contribution is 2.44. The van der Waals surface area contributed by atoms with Gasteiger partial charge in [0.2, 0.25) is 0 Å². The highest BCUT2D eigenvalue weighted by molar-refractivity contribution is 9.10. The first-order valence-corrected chi connectivity index (χ1v) is 12.3. The van der Waals surface area contributed by atoms with Crippen molar-refractivity contribution in [3.63, 3.8) is 0 Å². The molecule has 6 rings (SSSR count). The van der Waals surface area contributed by atoms with Gasteiger partial charge in [-0.05, 0) is 59.2 Å². The highest BCUT2D eigenvalue weighted by Gasteiger charge is 2.19. The molecular formula is C28H17BrClNS. The Morgan fingerprint density at radius 2 is 1.59 bits per heavy atom. The number of hydrogen-bond donors (Lipinski definition) is 0. The van der Waals surface area contributed by atoms with E-state index in [9.17, 15) is 0 Å². The van der Waals surface area contributed by atoms with Crippen LogP contribution in [0.15, 0.2) is 89.4 Å². The normalized spacial score (nSPS) is 11.6. The summed E-state index contributed by atoms with van der Waals surface area (Å²) >= 11 is 11.8. The third-order valence-electron chi connectivity index (χ3n) is 5.92. The van der Waals surface area contributed by atoms with E-state index in [1.54, 1.807) is 0 Å². The molecule has 2 aromatic heterocycles. The summed E-state index contributed by atoms with van der Waals surface area (Å²) in [6.45, 7) is 2.17. The first kappa shape index (κ1) is 19.9. The molecule has 0 spiro atoms. The molecule has 32 heavy (non-hydrogen) atoms. The maximum absolute atomic E-state index is 6.41. The molecule has 0 bridgehead atoms. The molecule has 2 heterocycles. The largest absolute Gasteiger partial charge is 0.246 e. The zero-order valence-electron chi connectivity index (χ0n) is 17.2. The van der Waals surface area contributed by atoms with Gasteiger partial charge in [-0.3, -0.25) is 0 Å². The second-order valence-corrected chi connectivity index (χ2v) is 10.4. The van der Waals surface area contributed by atoms with Crippen molar-refractivity contribution in [2.24, 2.45) is 0 Å². The maximum Gasteiger partial charge on any atom is 0.0902 e. The van der Waals surface area contributed by atoms with Gasteiger partial charge < -0.3 is 0 Å². The summed E-state index contributed by atoms with van der Waals surface area (Å²) in [6.07, 6.45) is 0. The Bertz CT molecular complexity index is 1650. The first-order chi connectivity index (χ1) is 15.6. The Kier molecular flexibility index (Phi) is 4.80. The highest BCUT2D eigenvalue weighted by atomic mass is 79.9. The van der Waals surface area contributed by atoms with Crippen LogP contribution in [-0.4, -0.2) is 4.98 Å². The minimum Gasteiger partial charge on any atom is -0.246 e. The summed E-state index contributed by atoms with van der Waals surface area (Å²) in [4.78, 5) is 5.19. The zero-order valence-corrected chi connectivity index (χ0v) is 20.4. The zero-order chi connectivity index (χ0) is 21.8. The van der Waals surface area contributed by atoms with Crippen LogP contribution in [0.5, 0.6) is 0 Å². The number of halogens is 2. The summed E-state index contributed by atoms with van der Waals surface area (Å²) in [6, 6.07) is 29.7. The Labute approximate surface area is 203 Å². The lowest BCUT2D eigenvalue weighted by Crippen LogP contribution is -1.94. The number of aromatic nitrogens is 1. The number of thiophene rings is 1. The van der Waals surface area contributed by atoms with Gasteiger partial charge in [-0.1, -0.05) is 82.1 Å². The summed E-state index contributed by atoms with van der Waals surface area (Å²) in [5.74, 6) is 0. The quantitative estimate of drug-likeness (QED) is 0.224. The van der Waals surface area contributed by atoms with Gasteiger partial charge in [-0.2, -0.15) is 0 Å². The molecule has 0 saturated carbocycles. The maximum atomic E-state index is 6.41. The van der Waals surface area contributed by atoms with Crippen molar-refractivity contribution in [2.45, 2.75) is 6.92 Å². The minimum absolute atomic E-state index is 0.693. The molecule has 0 radical (unpaired) electrons. The third-order valence-corrected chi connectivity index (χ3v) is 7.78.